The summed E-state index contributed by atoms with van der Waals surface area (Å²) in [7, 11) is 0. The molecule has 0 bridgehead atoms. The summed E-state index contributed by atoms with van der Waals surface area (Å²) in [6, 6.07) is 8.17. The zero-order valence-corrected chi connectivity index (χ0v) is 8.90. The van der Waals surface area contributed by atoms with E-state index in [1.807, 2.05) is 12.1 Å². The smallest absolute Gasteiger partial charge is 0.0367 e. The lowest BCUT2D eigenvalue weighted by Gasteiger charge is -2.18. The van der Waals surface area contributed by atoms with Crippen LogP contribution in [0.3, 0.4) is 0 Å². The normalized spacial score (nSPS) is 26.9. The highest BCUT2D eigenvalue weighted by atomic mass is 15.2. The van der Waals surface area contributed by atoms with Crippen LogP contribution in [0.4, 0.5) is 11.4 Å². The van der Waals surface area contributed by atoms with Crippen LogP contribution >= 0.6 is 0 Å². The van der Waals surface area contributed by atoms with Gasteiger partial charge in [-0.3, -0.25) is 0 Å². The molecule has 0 radical (unpaired) electrons. The molecule has 14 heavy (non-hydrogen) atoms. The first-order valence-corrected chi connectivity index (χ1v) is 5.27. The van der Waals surface area contributed by atoms with E-state index in [4.69, 9.17) is 5.73 Å². The summed E-state index contributed by atoms with van der Waals surface area (Å²) < 4.78 is 0. The number of nitrogen functional groups attached to an aromatic ring is 1. The van der Waals surface area contributed by atoms with Gasteiger partial charge in [0.05, 0.1) is 0 Å². The van der Waals surface area contributed by atoms with Crippen molar-refractivity contribution >= 4 is 11.4 Å². The number of nitrogens with zero attached hydrogens (tertiary/aromatic N) is 1. The molecule has 76 valence electrons. The molecule has 1 aromatic carbocycles. The molecule has 1 fully saturated rings. The zero-order valence-electron chi connectivity index (χ0n) is 8.90. The molecule has 0 aromatic heterocycles. The number of anilines is 2. The molecular weight excluding hydrogens is 172 g/mol. The lowest BCUT2D eigenvalue weighted by molar-refractivity contribution is 0.494. The van der Waals surface area contributed by atoms with Gasteiger partial charge in [-0.2, -0.15) is 0 Å². The van der Waals surface area contributed by atoms with Crippen LogP contribution in [0.2, 0.25) is 0 Å². The Kier molecular flexibility index (Phi) is 2.36. The van der Waals surface area contributed by atoms with Gasteiger partial charge in [-0.05, 0) is 36.1 Å². The van der Waals surface area contributed by atoms with Crippen molar-refractivity contribution in [2.75, 3.05) is 23.7 Å². The van der Waals surface area contributed by atoms with Crippen molar-refractivity contribution in [3.63, 3.8) is 0 Å². The largest absolute Gasteiger partial charge is 0.399 e. The number of nitrogens with two attached hydrogens (primary N) is 1. The maximum absolute atomic E-state index is 5.66. The van der Waals surface area contributed by atoms with Crippen molar-refractivity contribution in [1.29, 1.82) is 0 Å². The molecule has 0 amide bonds. The van der Waals surface area contributed by atoms with Gasteiger partial charge in [0.25, 0.3) is 0 Å². The summed E-state index contributed by atoms with van der Waals surface area (Å²) in [6.45, 7) is 6.99. The zero-order chi connectivity index (χ0) is 10.1. The van der Waals surface area contributed by atoms with Gasteiger partial charge in [0, 0.05) is 24.5 Å². The van der Waals surface area contributed by atoms with Crippen LogP contribution < -0.4 is 10.6 Å². The Balaban J connectivity index is 2.13. The summed E-state index contributed by atoms with van der Waals surface area (Å²) in [6.07, 6.45) is 0. The maximum Gasteiger partial charge on any atom is 0.0367 e. The Morgan fingerprint density at radius 2 is 1.57 bits per heavy atom. The molecule has 2 N–H and O–H groups in total. The van der Waals surface area contributed by atoms with Gasteiger partial charge < -0.3 is 10.6 Å². The summed E-state index contributed by atoms with van der Waals surface area (Å²) in [5.74, 6) is 1.60. The highest BCUT2D eigenvalue weighted by molar-refractivity contribution is 5.53. The SMILES string of the molecule is CC1CN(c2ccc(N)cc2)CC1C. The molecule has 1 aliphatic heterocycles. The van der Waals surface area contributed by atoms with E-state index in [9.17, 15) is 0 Å². The average Bonchev–Trinajstić information content (AvgIpc) is 2.48. The van der Waals surface area contributed by atoms with Gasteiger partial charge in [0.2, 0.25) is 0 Å². The number of rotatable bonds is 1. The highest BCUT2D eigenvalue weighted by Crippen LogP contribution is 2.27. The minimum absolute atomic E-state index is 0.799. The molecule has 0 saturated carbocycles. The van der Waals surface area contributed by atoms with Gasteiger partial charge >= 0.3 is 0 Å². The minimum atomic E-state index is 0.799. The topological polar surface area (TPSA) is 29.3 Å². The molecule has 2 nitrogen and oxygen atoms in total. The van der Waals surface area contributed by atoms with E-state index in [0.29, 0.717) is 0 Å². The predicted molar refractivity (Wildman–Crippen MR) is 61.4 cm³/mol. The van der Waals surface area contributed by atoms with Crippen molar-refractivity contribution < 1.29 is 0 Å². The fourth-order valence-corrected chi connectivity index (χ4v) is 2.03. The molecule has 0 aliphatic carbocycles. The van der Waals surface area contributed by atoms with Crippen molar-refractivity contribution in [1.82, 2.24) is 0 Å². The second-order valence-corrected chi connectivity index (χ2v) is 4.45. The van der Waals surface area contributed by atoms with Crippen LogP contribution in [0, 0.1) is 11.8 Å². The van der Waals surface area contributed by atoms with Gasteiger partial charge in [-0.15, -0.1) is 0 Å². The average molecular weight is 190 g/mol. The maximum atomic E-state index is 5.66. The van der Waals surface area contributed by atoms with Gasteiger partial charge in [0.1, 0.15) is 0 Å². The summed E-state index contributed by atoms with van der Waals surface area (Å²) in [5, 5.41) is 0. The van der Waals surface area contributed by atoms with E-state index < -0.39 is 0 Å². The number of hydrogen-bond acceptors (Lipinski definition) is 2. The van der Waals surface area contributed by atoms with Crippen molar-refractivity contribution in [3.8, 4) is 0 Å². The number of hydrogen-bond donors (Lipinski definition) is 1. The van der Waals surface area contributed by atoms with E-state index in [-0.39, 0.29) is 0 Å². The van der Waals surface area contributed by atoms with E-state index >= 15 is 0 Å². The third-order valence-corrected chi connectivity index (χ3v) is 3.25. The Hall–Kier alpha value is -1.18. The third-order valence-electron chi connectivity index (χ3n) is 3.25. The Bertz CT molecular complexity index is 295. The van der Waals surface area contributed by atoms with Crippen LogP contribution in [0.1, 0.15) is 13.8 Å². The molecule has 2 heteroatoms. The van der Waals surface area contributed by atoms with E-state index in [1.54, 1.807) is 0 Å². The van der Waals surface area contributed by atoms with E-state index in [2.05, 4.69) is 30.9 Å². The Morgan fingerprint density at radius 1 is 1.07 bits per heavy atom. The predicted octanol–water partition coefficient (Wildman–Crippen LogP) is 2.36. The molecule has 2 atom stereocenters. The van der Waals surface area contributed by atoms with E-state index in [0.717, 1.165) is 17.5 Å². The molecule has 2 rings (SSSR count). The van der Waals surface area contributed by atoms with Crippen LogP contribution in [-0.2, 0) is 0 Å². The summed E-state index contributed by atoms with van der Waals surface area (Å²) in [4.78, 5) is 2.44. The lowest BCUT2D eigenvalue weighted by Crippen LogP contribution is -2.19. The molecule has 1 aromatic rings. The Labute approximate surface area is 85.7 Å². The second kappa shape index (κ2) is 3.52. The number of benzene rings is 1. The van der Waals surface area contributed by atoms with Crippen LogP contribution in [-0.4, -0.2) is 13.1 Å². The Morgan fingerprint density at radius 3 is 2.07 bits per heavy atom. The second-order valence-electron chi connectivity index (χ2n) is 4.45. The standard InChI is InChI=1S/C12H18N2/c1-9-7-14(8-10(9)2)12-5-3-11(13)4-6-12/h3-6,9-10H,7-8,13H2,1-2H3. The van der Waals surface area contributed by atoms with Gasteiger partial charge in [-0.25, -0.2) is 0 Å². The monoisotopic (exact) mass is 190 g/mol. The first-order valence-electron chi connectivity index (χ1n) is 5.27. The van der Waals surface area contributed by atoms with Crippen molar-refractivity contribution in [2.24, 2.45) is 11.8 Å². The van der Waals surface area contributed by atoms with E-state index in [1.165, 1.54) is 18.8 Å². The fourth-order valence-electron chi connectivity index (χ4n) is 2.03. The van der Waals surface area contributed by atoms with Crippen molar-refractivity contribution in [3.05, 3.63) is 24.3 Å². The van der Waals surface area contributed by atoms with Crippen LogP contribution in [0.25, 0.3) is 0 Å². The highest BCUT2D eigenvalue weighted by Gasteiger charge is 2.25. The molecule has 0 spiro atoms. The third kappa shape index (κ3) is 1.69. The van der Waals surface area contributed by atoms with Gasteiger partial charge in [-0.1, -0.05) is 13.8 Å². The lowest BCUT2D eigenvalue weighted by atomic mass is 10.0. The molecule has 2 unspecified atom stereocenters. The van der Waals surface area contributed by atoms with Crippen molar-refractivity contribution in [2.45, 2.75) is 13.8 Å². The van der Waals surface area contributed by atoms with Crippen LogP contribution in [0.15, 0.2) is 24.3 Å². The molecule has 1 saturated heterocycles. The first kappa shape index (κ1) is 9.38. The van der Waals surface area contributed by atoms with Crippen LogP contribution in [0.5, 0.6) is 0 Å². The molecule has 1 aliphatic rings. The minimum Gasteiger partial charge on any atom is -0.399 e. The van der Waals surface area contributed by atoms with Gasteiger partial charge in [0.15, 0.2) is 0 Å². The molecule has 1 heterocycles. The summed E-state index contributed by atoms with van der Waals surface area (Å²) in [5.41, 5.74) is 7.80. The molecular formula is C12H18N2. The fraction of sp³-hybridized carbons (Fsp3) is 0.500. The quantitative estimate of drug-likeness (QED) is 0.689. The first-order chi connectivity index (χ1) is 6.66. The summed E-state index contributed by atoms with van der Waals surface area (Å²) >= 11 is 0.